The molecule has 6 atom stereocenters. The lowest BCUT2D eigenvalue weighted by molar-refractivity contribution is -0.138. The van der Waals surface area contributed by atoms with Crippen LogP contribution in [0.5, 0.6) is 0 Å². The first-order valence-corrected chi connectivity index (χ1v) is 13.6. The van der Waals surface area contributed by atoms with Gasteiger partial charge in [0.05, 0.1) is 13.2 Å². The molecular formula is C31H46O4. The zero-order valence-corrected chi connectivity index (χ0v) is 23.0. The number of fused-ring (bicyclic) bond motifs is 5. The van der Waals surface area contributed by atoms with E-state index in [1.165, 1.54) is 16.7 Å². The van der Waals surface area contributed by atoms with Crippen molar-refractivity contribution < 1.29 is 19.8 Å². The monoisotopic (exact) mass is 482 g/mol. The largest absolute Gasteiger partial charge is 0.392 e. The second kappa shape index (κ2) is 8.80. The summed E-state index contributed by atoms with van der Waals surface area (Å²) in [7, 11) is 0. The second-order valence-corrected chi connectivity index (χ2v) is 13.4. The highest BCUT2D eigenvalue weighted by Crippen LogP contribution is 2.71. The number of ketones is 2. The lowest BCUT2D eigenvalue weighted by Crippen LogP contribution is -2.54. The van der Waals surface area contributed by atoms with E-state index in [1.54, 1.807) is 0 Å². The molecule has 0 heterocycles. The van der Waals surface area contributed by atoms with Crippen LogP contribution in [0.3, 0.4) is 0 Å². The van der Waals surface area contributed by atoms with Crippen molar-refractivity contribution in [3.05, 3.63) is 34.4 Å². The SMILES string of the molecule is CC1=C2C(=CC[C@]3(C)[C@@H]([C@H](C)CCC=C(CO)CO)C(=O)C[C@@]23C)[C@@]2(C)CCC(=O)C(C)(C)[C@@H]2C1. The van der Waals surface area contributed by atoms with Crippen LogP contribution < -0.4 is 0 Å². The summed E-state index contributed by atoms with van der Waals surface area (Å²) >= 11 is 0. The molecular weight excluding hydrogens is 436 g/mol. The van der Waals surface area contributed by atoms with Gasteiger partial charge in [-0.05, 0) is 78.4 Å². The van der Waals surface area contributed by atoms with Crippen LogP contribution in [0, 0.1) is 39.4 Å². The number of aliphatic hydroxyl groups is 2. The maximum atomic E-state index is 13.7. The first kappa shape index (κ1) is 26.5. The Labute approximate surface area is 212 Å². The predicted octanol–water partition coefficient (Wildman–Crippen LogP) is 5.98. The highest BCUT2D eigenvalue weighted by Gasteiger charge is 2.66. The number of hydrogen-bond donors (Lipinski definition) is 2. The number of aliphatic hydroxyl groups excluding tert-OH is 2. The molecule has 0 radical (unpaired) electrons. The third-order valence-electron chi connectivity index (χ3n) is 11.2. The Morgan fingerprint density at radius 1 is 1.14 bits per heavy atom. The van der Waals surface area contributed by atoms with E-state index in [9.17, 15) is 19.8 Å². The fraction of sp³-hybridized carbons (Fsp3) is 0.742. The number of rotatable bonds is 6. The van der Waals surface area contributed by atoms with Crippen molar-refractivity contribution in [3.8, 4) is 0 Å². The Bertz CT molecular complexity index is 1010. The van der Waals surface area contributed by atoms with Crippen LogP contribution in [0.15, 0.2) is 34.4 Å². The van der Waals surface area contributed by atoms with Gasteiger partial charge in [0.25, 0.3) is 0 Å². The Kier molecular flexibility index (Phi) is 6.67. The van der Waals surface area contributed by atoms with Crippen LogP contribution in [0.25, 0.3) is 0 Å². The number of hydrogen-bond acceptors (Lipinski definition) is 4. The molecule has 4 aliphatic carbocycles. The van der Waals surface area contributed by atoms with E-state index in [1.807, 2.05) is 6.08 Å². The van der Waals surface area contributed by atoms with Gasteiger partial charge in [0.2, 0.25) is 0 Å². The number of Topliss-reactive ketones (excluding diaryl/α,β-unsaturated/α-hetero) is 2. The van der Waals surface area contributed by atoms with Crippen molar-refractivity contribution in [2.75, 3.05) is 13.2 Å². The highest BCUT2D eigenvalue weighted by molar-refractivity contribution is 5.88. The van der Waals surface area contributed by atoms with Crippen LogP contribution in [-0.4, -0.2) is 35.0 Å². The van der Waals surface area contributed by atoms with Crippen molar-refractivity contribution in [3.63, 3.8) is 0 Å². The normalized spacial score (nSPS) is 38.9. The summed E-state index contributed by atoms with van der Waals surface area (Å²) < 4.78 is 0. The minimum absolute atomic E-state index is 0.000562. The molecule has 2 fully saturated rings. The molecule has 0 unspecified atom stereocenters. The van der Waals surface area contributed by atoms with Gasteiger partial charge in [0.1, 0.15) is 11.6 Å². The summed E-state index contributed by atoms with van der Waals surface area (Å²) in [6, 6.07) is 0. The maximum Gasteiger partial charge on any atom is 0.138 e. The maximum absolute atomic E-state index is 13.7. The van der Waals surface area contributed by atoms with Gasteiger partial charge in [0, 0.05) is 29.6 Å². The lowest BCUT2D eigenvalue weighted by atomic mass is 9.43. The Balaban J connectivity index is 1.71. The van der Waals surface area contributed by atoms with E-state index in [2.05, 4.69) is 54.5 Å². The smallest absolute Gasteiger partial charge is 0.138 e. The number of allylic oxidation sites excluding steroid dienone is 5. The first-order chi connectivity index (χ1) is 16.3. The van der Waals surface area contributed by atoms with Crippen molar-refractivity contribution in [1.29, 1.82) is 0 Å². The Hall–Kier alpha value is -1.52. The predicted molar refractivity (Wildman–Crippen MR) is 140 cm³/mol. The summed E-state index contributed by atoms with van der Waals surface area (Å²) in [5, 5.41) is 18.7. The lowest BCUT2D eigenvalue weighted by Gasteiger charge is -2.60. The van der Waals surface area contributed by atoms with Gasteiger partial charge in [-0.25, -0.2) is 0 Å². The first-order valence-electron chi connectivity index (χ1n) is 13.6. The molecule has 0 amide bonds. The quantitative estimate of drug-likeness (QED) is 0.457. The molecule has 0 bridgehead atoms. The van der Waals surface area contributed by atoms with Gasteiger partial charge >= 0.3 is 0 Å². The zero-order chi connectivity index (χ0) is 26.0. The van der Waals surface area contributed by atoms with Crippen molar-refractivity contribution in [2.24, 2.45) is 39.4 Å². The van der Waals surface area contributed by atoms with Gasteiger partial charge in [-0.3, -0.25) is 9.59 Å². The topological polar surface area (TPSA) is 74.6 Å². The van der Waals surface area contributed by atoms with Crippen LogP contribution in [-0.2, 0) is 9.59 Å². The van der Waals surface area contributed by atoms with Gasteiger partial charge < -0.3 is 10.2 Å². The van der Waals surface area contributed by atoms with Crippen LogP contribution in [0.2, 0.25) is 0 Å². The van der Waals surface area contributed by atoms with E-state index in [0.29, 0.717) is 35.9 Å². The van der Waals surface area contributed by atoms with E-state index in [4.69, 9.17) is 0 Å². The molecule has 4 rings (SSSR count). The number of carbonyl (C=O) groups is 2. The third-order valence-corrected chi connectivity index (χ3v) is 11.2. The average molecular weight is 483 g/mol. The summed E-state index contributed by atoms with van der Waals surface area (Å²) in [4.78, 5) is 26.6. The molecule has 2 N–H and O–H groups in total. The van der Waals surface area contributed by atoms with Crippen molar-refractivity contribution in [1.82, 2.24) is 0 Å². The molecule has 0 aliphatic heterocycles. The molecule has 194 valence electrons. The average Bonchev–Trinajstić information content (AvgIpc) is 3.00. The van der Waals surface area contributed by atoms with E-state index in [0.717, 1.165) is 32.1 Å². The standard InChI is InChI=1S/C31H46O4/c1-19(9-8-10-21(17-32)18-33)27-23(34)16-31(7)26-20(2)15-24-28(3,4)25(35)12-13-29(24,5)22(26)11-14-30(27,31)6/h10-11,19,24,27,32-33H,8-9,12-18H2,1-7H3/t19-,24+,27+,29-,30-,31+/m1/s1. The van der Waals surface area contributed by atoms with Crippen LogP contribution >= 0.6 is 0 Å². The Morgan fingerprint density at radius 3 is 2.43 bits per heavy atom. The number of carbonyl (C=O) groups excluding carboxylic acids is 2. The molecule has 4 nitrogen and oxygen atoms in total. The van der Waals surface area contributed by atoms with Gasteiger partial charge in [-0.2, -0.15) is 0 Å². The van der Waals surface area contributed by atoms with Gasteiger partial charge in [-0.1, -0.05) is 59.3 Å². The van der Waals surface area contributed by atoms with E-state index in [-0.39, 0.29) is 46.7 Å². The van der Waals surface area contributed by atoms with Crippen molar-refractivity contribution in [2.45, 2.75) is 93.4 Å². The minimum atomic E-state index is -0.319. The molecule has 4 aliphatic rings. The van der Waals surface area contributed by atoms with Gasteiger partial charge in [-0.15, -0.1) is 0 Å². The highest BCUT2D eigenvalue weighted by atomic mass is 16.3. The summed E-state index contributed by atoms with van der Waals surface area (Å²) in [6.45, 7) is 15.6. The molecule has 35 heavy (non-hydrogen) atoms. The van der Waals surface area contributed by atoms with Crippen molar-refractivity contribution >= 4 is 11.6 Å². The molecule has 0 saturated heterocycles. The summed E-state index contributed by atoms with van der Waals surface area (Å²) in [5.74, 6) is 1.33. The van der Waals surface area contributed by atoms with Crippen LogP contribution in [0.4, 0.5) is 0 Å². The summed E-state index contributed by atoms with van der Waals surface area (Å²) in [6.07, 6.45) is 10.0. The van der Waals surface area contributed by atoms with E-state index >= 15 is 0 Å². The van der Waals surface area contributed by atoms with Crippen LogP contribution in [0.1, 0.15) is 93.4 Å². The minimum Gasteiger partial charge on any atom is -0.392 e. The van der Waals surface area contributed by atoms with E-state index < -0.39 is 0 Å². The fourth-order valence-corrected chi connectivity index (χ4v) is 8.93. The third kappa shape index (κ3) is 3.69. The molecule has 0 aromatic rings. The second-order valence-electron chi connectivity index (χ2n) is 13.4. The zero-order valence-electron chi connectivity index (χ0n) is 23.0. The molecule has 4 heteroatoms. The molecule has 0 aromatic carbocycles. The van der Waals surface area contributed by atoms with Gasteiger partial charge in [0.15, 0.2) is 0 Å². The molecule has 0 spiro atoms. The molecule has 0 aromatic heterocycles. The Morgan fingerprint density at radius 2 is 1.80 bits per heavy atom. The summed E-state index contributed by atoms with van der Waals surface area (Å²) in [5.41, 5.74) is 4.25. The molecule has 2 saturated carbocycles. The fourth-order valence-electron chi connectivity index (χ4n) is 8.93.